The Morgan fingerprint density at radius 3 is 2.25 bits per heavy atom. The van der Waals surface area contributed by atoms with Crippen molar-refractivity contribution >= 4 is 5.97 Å². The first kappa shape index (κ1) is 15.4. The minimum absolute atomic E-state index is 0.0371. The monoisotopic (exact) mass is 230 g/mol. The summed E-state index contributed by atoms with van der Waals surface area (Å²) in [6.07, 6.45) is 6.47. The number of quaternary nitrogens is 1. The molecule has 0 radical (unpaired) electrons. The Morgan fingerprint density at radius 1 is 1.06 bits per heavy atom. The fourth-order valence-electron chi connectivity index (χ4n) is 1.38. The standard InChI is InChI=1S/C13H28NO2/c1-5-6-7-8-9-10-13(15)16-12-11-14(2,3)4/h5-12H2,1-4H3/q+1. The van der Waals surface area contributed by atoms with Gasteiger partial charge in [-0.3, -0.25) is 4.79 Å². The summed E-state index contributed by atoms with van der Waals surface area (Å²) in [7, 11) is 6.29. The number of ether oxygens (including phenoxy) is 1. The van der Waals surface area contributed by atoms with Gasteiger partial charge in [0.25, 0.3) is 0 Å². The Morgan fingerprint density at radius 2 is 1.69 bits per heavy atom. The van der Waals surface area contributed by atoms with Crippen LogP contribution < -0.4 is 0 Å². The van der Waals surface area contributed by atoms with E-state index in [0.29, 0.717) is 13.0 Å². The molecule has 0 aliphatic heterocycles. The van der Waals surface area contributed by atoms with Crippen molar-refractivity contribution in [2.45, 2.75) is 45.4 Å². The Balaban J connectivity index is 3.32. The maximum Gasteiger partial charge on any atom is 0.305 e. The predicted molar refractivity (Wildman–Crippen MR) is 67.2 cm³/mol. The zero-order valence-corrected chi connectivity index (χ0v) is 11.4. The Labute approximate surface area is 100 Å². The maximum atomic E-state index is 11.3. The van der Waals surface area contributed by atoms with Gasteiger partial charge in [0.2, 0.25) is 0 Å². The highest BCUT2D eigenvalue weighted by molar-refractivity contribution is 5.69. The predicted octanol–water partition coefficient (Wildman–Crippen LogP) is 2.60. The van der Waals surface area contributed by atoms with Crippen LogP contribution in [0.25, 0.3) is 0 Å². The summed E-state index contributed by atoms with van der Waals surface area (Å²) in [4.78, 5) is 11.3. The summed E-state index contributed by atoms with van der Waals surface area (Å²) in [5, 5.41) is 0. The van der Waals surface area contributed by atoms with Crippen LogP contribution in [0.4, 0.5) is 0 Å². The highest BCUT2D eigenvalue weighted by Gasteiger charge is 2.08. The van der Waals surface area contributed by atoms with Gasteiger partial charge in [-0.25, -0.2) is 0 Å². The first-order chi connectivity index (χ1) is 7.45. The zero-order valence-electron chi connectivity index (χ0n) is 11.4. The number of unbranched alkanes of at least 4 members (excludes halogenated alkanes) is 4. The van der Waals surface area contributed by atoms with Crippen LogP contribution in [0.3, 0.4) is 0 Å². The van der Waals surface area contributed by atoms with Crippen LogP contribution in [0.5, 0.6) is 0 Å². The molecule has 16 heavy (non-hydrogen) atoms. The lowest BCUT2D eigenvalue weighted by atomic mass is 10.1. The van der Waals surface area contributed by atoms with Crippen molar-refractivity contribution in [1.29, 1.82) is 0 Å². The van der Waals surface area contributed by atoms with E-state index in [1.807, 2.05) is 0 Å². The van der Waals surface area contributed by atoms with E-state index in [1.165, 1.54) is 19.3 Å². The van der Waals surface area contributed by atoms with Crippen molar-refractivity contribution in [1.82, 2.24) is 0 Å². The highest BCUT2D eigenvalue weighted by atomic mass is 16.5. The van der Waals surface area contributed by atoms with E-state index in [2.05, 4.69) is 28.1 Å². The van der Waals surface area contributed by atoms with Crippen LogP contribution in [-0.2, 0) is 9.53 Å². The number of hydrogen-bond acceptors (Lipinski definition) is 2. The third kappa shape index (κ3) is 11.5. The maximum absolute atomic E-state index is 11.3. The van der Waals surface area contributed by atoms with E-state index < -0.39 is 0 Å². The quantitative estimate of drug-likeness (QED) is 0.346. The first-order valence-electron chi connectivity index (χ1n) is 6.42. The van der Waals surface area contributed by atoms with Gasteiger partial charge in [-0.1, -0.05) is 32.6 Å². The molecule has 0 spiro atoms. The molecule has 3 heteroatoms. The van der Waals surface area contributed by atoms with Crippen molar-refractivity contribution in [3.8, 4) is 0 Å². The van der Waals surface area contributed by atoms with Gasteiger partial charge in [0, 0.05) is 6.42 Å². The number of rotatable bonds is 9. The van der Waals surface area contributed by atoms with Gasteiger partial charge in [0.05, 0.1) is 21.1 Å². The van der Waals surface area contributed by atoms with E-state index >= 15 is 0 Å². The second kappa shape index (κ2) is 8.57. The fourth-order valence-corrected chi connectivity index (χ4v) is 1.38. The highest BCUT2D eigenvalue weighted by Crippen LogP contribution is 2.05. The van der Waals surface area contributed by atoms with Gasteiger partial charge < -0.3 is 9.22 Å². The van der Waals surface area contributed by atoms with E-state index in [-0.39, 0.29) is 5.97 Å². The average molecular weight is 230 g/mol. The van der Waals surface area contributed by atoms with E-state index in [0.717, 1.165) is 23.9 Å². The molecule has 0 heterocycles. The lowest BCUT2D eigenvalue weighted by Crippen LogP contribution is -2.37. The number of carbonyl (C=O) groups excluding carboxylic acids is 1. The molecule has 0 atom stereocenters. The lowest BCUT2D eigenvalue weighted by Gasteiger charge is -2.23. The molecule has 0 saturated heterocycles. The summed E-state index contributed by atoms with van der Waals surface area (Å²) < 4.78 is 6.01. The summed E-state index contributed by atoms with van der Waals surface area (Å²) in [5.41, 5.74) is 0. The van der Waals surface area contributed by atoms with Gasteiger partial charge >= 0.3 is 5.97 Å². The van der Waals surface area contributed by atoms with Crippen LogP contribution in [-0.4, -0.2) is 44.7 Å². The molecule has 0 rings (SSSR count). The van der Waals surface area contributed by atoms with Gasteiger partial charge in [0.15, 0.2) is 0 Å². The molecule has 0 fully saturated rings. The summed E-state index contributed by atoms with van der Waals surface area (Å²) in [6.45, 7) is 3.61. The van der Waals surface area contributed by atoms with Crippen LogP contribution >= 0.6 is 0 Å². The Bertz CT molecular complexity index is 185. The molecule has 0 aromatic heterocycles. The zero-order chi connectivity index (χ0) is 12.4. The number of hydrogen-bond donors (Lipinski definition) is 0. The second-order valence-corrected chi connectivity index (χ2v) is 5.40. The van der Waals surface area contributed by atoms with Crippen molar-refractivity contribution in [3.63, 3.8) is 0 Å². The first-order valence-corrected chi connectivity index (χ1v) is 6.42. The molecular weight excluding hydrogens is 202 g/mol. The molecule has 0 aromatic carbocycles. The Hall–Kier alpha value is -0.570. The lowest BCUT2D eigenvalue weighted by molar-refractivity contribution is -0.870. The minimum Gasteiger partial charge on any atom is -0.460 e. The number of nitrogens with zero attached hydrogens (tertiary/aromatic N) is 1. The van der Waals surface area contributed by atoms with Crippen LogP contribution in [0.1, 0.15) is 45.4 Å². The van der Waals surface area contributed by atoms with Gasteiger partial charge in [-0.2, -0.15) is 0 Å². The van der Waals surface area contributed by atoms with Crippen LogP contribution in [0.2, 0.25) is 0 Å². The molecule has 0 aliphatic carbocycles. The third-order valence-electron chi connectivity index (χ3n) is 2.51. The SMILES string of the molecule is CCCCCCCC(=O)OCC[N+](C)(C)C. The smallest absolute Gasteiger partial charge is 0.305 e. The molecule has 96 valence electrons. The largest absolute Gasteiger partial charge is 0.460 e. The molecule has 0 N–H and O–H groups in total. The second-order valence-electron chi connectivity index (χ2n) is 5.40. The molecule has 3 nitrogen and oxygen atoms in total. The molecule has 0 aromatic rings. The van der Waals surface area contributed by atoms with Crippen LogP contribution in [0.15, 0.2) is 0 Å². The number of carbonyl (C=O) groups is 1. The van der Waals surface area contributed by atoms with Crippen molar-refractivity contribution in [2.24, 2.45) is 0 Å². The normalized spacial score (nSPS) is 11.5. The van der Waals surface area contributed by atoms with E-state index in [9.17, 15) is 4.79 Å². The number of likely N-dealkylation sites (N-methyl/N-ethyl adjacent to an activating group) is 1. The van der Waals surface area contributed by atoms with Crippen molar-refractivity contribution < 1.29 is 14.0 Å². The molecule has 0 bridgehead atoms. The van der Waals surface area contributed by atoms with E-state index in [1.54, 1.807) is 0 Å². The summed E-state index contributed by atoms with van der Waals surface area (Å²) in [6, 6.07) is 0. The van der Waals surface area contributed by atoms with Gasteiger partial charge in [0.1, 0.15) is 13.2 Å². The molecule has 0 amide bonds. The van der Waals surface area contributed by atoms with E-state index in [4.69, 9.17) is 4.74 Å². The third-order valence-corrected chi connectivity index (χ3v) is 2.51. The molecule has 0 saturated carbocycles. The van der Waals surface area contributed by atoms with Crippen LogP contribution in [0, 0.1) is 0 Å². The molecule has 0 unspecified atom stereocenters. The van der Waals surface area contributed by atoms with Gasteiger partial charge in [-0.05, 0) is 6.42 Å². The minimum atomic E-state index is -0.0371. The number of esters is 1. The molecular formula is C13H28NO2+. The van der Waals surface area contributed by atoms with Crippen molar-refractivity contribution in [3.05, 3.63) is 0 Å². The Kier molecular flexibility index (Phi) is 8.26. The average Bonchev–Trinajstić information content (AvgIpc) is 2.15. The fraction of sp³-hybridized carbons (Fsp3) is 0.923. The summed E-state index contributed by atoms with van der Waals surface area (Å²) in [5.74, 6) is -0.0371. The molecule has 0 aliphatic rings. The summed E-state index contributed by atoms with van der Waals surface area (Å²) >= 11 is 0. The van der Waals surface area contributed by atoms with Gasteiger partial charge in [-0.15, -0.1) is 0 Å². The topological polar surface area (TPSA) is 26.3 Å². The van der Waals surface area contributed by atoms with Crippen molar-refractivity contribution in [2.75, 3.05) is 34.3 Å².